The number of hydrogen-bond donors (Lipinski definition) is 2. The summed E-state index contributed by atoms with van der Waals surface area (Å²) in [6.07, 6.45) is 9.63. The van der Waals surface area contributed by atoms with E-state index in [0.29, 0.717) is 11.0 Å². The van der Waals surface area contributed by atoms with Gasteiger partial charge in [0.2, 0.25) is 5.13 Å². The molecule has 1 fully saturated rings. The van der Waals surface area contributed by atoms with Crippen molar-refractivity contribution in [3.05, 3.63) is 35.1 Å². The Labute approximate surface area is 139 Å². The van der Waals surface area contributed by atoms with E-state index >= 15 is 0 Å². The van der Waals surface area contributed by atoms with Gasteiger partial charge in [-0.1, -0.05) is 30.6 Å². The highest BCUT2D eigenvalue weighted by Crippen LogP contribution is 2.35. The van der Waals surface area contributed by atoms with Crippen LogP contribution in [0.1, 0.15) is 61.6 Å². The third-order valence-electron chi connectivity index (χ3n) is 4.17. The van der Waals surface area contributed by atoms with Gasteiger partial charge in [-0.05, 0) is 37.5 Å². The Morgan fingerprint density at radius 2 is 1.96 bits per heavy atom. The molecule has 2 amide bonds. The van der Waals surface area contributed by atoms with Crippen LogP contribution in [0.3, 0.4) is 0 Å². The van der Waals surface area contributed by atoms with Crippen LogP contribution in [0.5, 0.6) is 0 Å². The number of hydrogen-bond acceptors (Lipinski definition) is 5. The number of carbonyl (C=O) groups excluding carboxylic acids is 1. The molecule has 1 saturated carbocycles. The predicted octanol–water partition coefficient (Wildman–Crippen LogP) is 3.86. The van der Waals surface area contributed by atoms with Crippen molar-refractivity contribution >= 4 is 22.5 Å². The van der Waals surface area contributed by atoms with E-state index < -0.39 is 0 Å². The van der Waals surface area contributed by atoms with Crippen LogP contribution in [0.25, 0.3) is 0 Å². The van der Waals surface area contributed by atoms with Gasteiger partial charge in [-0.3, -0.25) is 10.3 Å². The Morgan fingerprint density at radius 3 is 2.70 bits per heavy atom. The minimum absolute atomic E-state index is 0.0938. The molecule has 0 radical (unpaired) electrons. The van der Waals surface area contributed by atoms with Gasteiger partial charge in [0.25, 0.3) is 0 Å². The Bertz CT molecular complexity index is 639. The van der Waals surface area contributed by atoms with Crippen LogP contribution < -0.4 is 10.6 Å². The fraction of sp³-hybridized carbons (Fsp3) is 0.500. The summed E-state index contributed by atoms with van der Waals surface area (Å²) < 4.78 is 0. The van der Waals surface area contributed by atoms with Crippen molar-refractivity contribution in [2.75, 3.05) is 5.32 Å². The van der Waals surface area contributed by atoms with Crippen molar-refractivity contribution < 1.29 is 4.79 Å². The van der Waals surface area contributed by atoms with Gasteiger partial charge >= 0.3 is 6.03 Å². The smallest absolute Gasteiger partial charge is 0.321 e. The van der Waals surface area contributed by atoms with Crippen LogP contribution in [0.4, 0.5) is 9.93 Å². The highest BCUT2D eigenvalue weighted by Gasteiger charge is 2.20. The fourth-order valence-electron chi connectivity index (χ4n) is 2.86. The lowest BCUT2D eigenvalue weighted by Gasteiger charge is -2.18. The molecule has 2 aromatic rings. The summed E-state index contributed by atoms with van der Waals surface area (Å²) >= 11 is 1.49. The van der Waals surface area contributed by atoms with E-state index in [-0.39, 0.29) is 12.1 Å². The van der Waals surface area contributed by atoms with Gasteiger partial charge in [0.15, 0.2) is 0 Å². The second kappa shape index (κ2) is 7.50. The number of carbonyl (C=O) groups is 1. The van der Waals surface area contributed by atoms with E-state index in [1.807, 2.05) is 19.1 Å². The van der Waals surface area contributed by atoms with Gasteiger partial charge < -0.3 is 5.32 Å². The van der Waals surface area contributed by atoms with E-state index in [4.69, 9.17) is 0 Å². The molecule has 1 aliphatic carbocycles. The van der Waals surface area contributed by atoms with Gasteiger partial charge in [-0.15, -0.1) is 10.2 Å². The maximum absolute atomic E-state index is 12.1. The molecule has 0 bridgehead atoms. The van der Waals surface area contributed by atoms with Crippen molar-refractivity contribution in [2.24, 2.45) is 0 Å². The molecule has 2 N–H and O–H groups in total. The van der Waals surface area contributed by atoms with Gasteiger partial charge in [0.05, 0.1) is 6.04 Å². The average molecular weight is 331 g/mol. The van der Waals surface area contributed by atoms with Gasteiger partial charge in [-0.2, -0.15) is 0 Å². The molecule has 2 aromatic heterocycles. The summed E-state index contributed by atoms with van der Waals surface area (Å²) in [5.74, 6) is 0.510. The summed E-state index contributed by atoms with van der Waals surface area (Å²) in [6.45, 7) is 1.93. The van der Waals surface area contributed by atoms with Gasteiger partial charge in [0, 0.05) is 18.3 Å². The molecule has 0 unspecified atom stereocenters. The zero-order valence-electron chi connectivity index (χ0n) is 13.2. The predicted molar refractivity (Wildman–Crippen MR) is 90.5 cm³/mol. The zero-order valence-corrected chi connectivity index (χ0v) is 14.0. The minimum atomic E-state index is -0.263. The van der Waals surface area contributed by atoms with Crippen LogP contribution in [-0.4, -0.2) is 21.2 Å². The first kappa shape index (κ1) is 15.9. The van der Waals surface area contributed by atoms with Crippen molar-refractivity contribution in [1.82, 2.24) is 20.5 Å². The van der Waals surface area contributed by atoms with E-state index in [9.17, 15) is 4.79 Å². The average Bonchev–Trinajstić information content (AvgIpc) is 3.04. The third kappa shape index (κ3) is 4.25. The first-order chi connectivity index (χ1) is 11.2. The molecule has 6 nitrogen and oxygen atoms in total. The van der Waals surface area contributed by atoms with Crippen LogP contribution in [-0.2, 0) is 0 Å². The second-order valence-electron chi connectivity index (χ2n) is 5.88. The number of urea groups is 1. The molecule has 2 heterocycles. The second-order valence-corrected chi connectivity index (χ2v) is 6.89. The van der Waals surface area contributed by atoms with E-state index in [2.05, 4.69) is 25.8 Å². The van der Waals surface area contributed by atoms with Crippen LogP contribution in [0.15, 0.2) is 24.5 Å². The Balaban J connectivity index is 1.54. The molecule has 3 rings (SSSR count). The number of amides is 2. The van der Waals surface area contributed by atoms with Crippen LogP contribution >= 0.6 is 11.3 Å². The van der Waals surface area contributed by atoms with Crippen molar-refractivity contribution in [1.29, 1.82) is 0 Å². The summed E-state index contributed by atoms with van der Waals surface area (Å²) in [7, 11) is 0. The maximum atomic E-state index is 12.1. The van der Waals surface area contributed by atoms with Crippen LogP contribution in [0, 0.1) is 0 Å². The van der Waals surface area contributed by atoms with Gasteiger partial charge in [0.1, 0.15) is 5.01 Å². The van der Waals surface area contributed by atoms with E-state index in [1.165, 1.54) is 43.4 Å². The first-order valence-electron chi connectivity index (χ1n) is 8.03. The van der Waals surface area contributed by atoms with Crippen molar-refractivity contribution in [2.45, 2.75) is 51.0 Å². The number of rotatable bonds is 4. The summed E-state index contributed by atoms with van der Waals surface area (Å²) in [5, 5.41) is 15.6. The number of nitrogens with one attached hydrogen (secondary N) is 2. The number of nitrogens with zero attached hydrogens (tertiary/aromatic N) is 3. The third-order valence-corrected chi connectivity index (χ3v) is 5.17. The summed E-state index contributed by atoms with van der Waals surface area (Å²) in [5.41, 5.74) is 1.01. The molecule has 1 aliphatic rings. The Morgan fingerprint density at radius 1 is 1.22 bits per heavy atom. The lowest BCUT2D eigenvalue weighted by atomic mass is 9.90. The maximum Gasteiger partial charge on any atom is 0.321 e. The number of anilines is 1. The molecular weight excluding hydrogens is 310 g/mol. The Hall–Kier alpha value is -2.02. The molecule has 0 saturated heterocycles. The number of aromatic nitrogens is 3. The molecular formula is C16H21N5OS. The SMILES string of the molecule is C[C@@H](NC(=O)Nc1nnc(C2CCCCC2)s1)c1ccncc1. The lowest BCUT2D eigenvalue weighted by Crippen LogP contribution is -2.31. The largest absolute Gasteiger partial charge is 0.331 e. The minimum Gasteiger partial charge on any atom is -0.331 e. The van der Waals surface area contributed by atoms with Gasteiger partial charge in [-0.25, -0.2) is 4.79 Å². The highest BCUT2D eigenvalue weighted by atomic mass is 32.1. The van der Waals surface area contributed by atoms with Crippen molar-refractivity contribution in [3.63, 3.8) is 0 Å². The summed E-state index contributed by atoms with van der Waals surface area (Å²) in [4.78, 5) is 16.1. The lowest BCUT2D eigenvalue weighted by molar-refractivity contribution is 0.249. The van der Waals surface area contributed by atoms with Crippen LogP contribution in [0.2, 0.25) is 0 Å². The first-order valence-corrected chi connectivity index (χ1v) is 8.85. The zero-order chi connectivity index (χ0) is 16.1. The normalized spacial score (nSPS) is 16.7. The quantitative estimate of drug-likeness (QED) is 0.891. The molecule has 0 spiro atoms. The monoisotopic (exact) mass is 331 g/mol. The molecule has 23 heavy (non-hydrogen) atoms. The molecule has 122 valence electrons. The molecule has 1 atom stereocenters. The Kier molecular flexibility index (Phi) is 5.17. The van der Waals surface area contributed by atoms with E-state index in [1.54, 1.807) is 12.4 Å². The topological polar surface area (TPSA) is 79.8 Å². The standard InChI is InChI=1S/C16H21N5OS/c1-11(12-7-9-17-10-8-12)18-15(22)19-16-21-20-14(23-16)13-5-3-2-4-6-13/h7-11,13H,2-6H2,1H3,(H2,18,19,21,22)/t11-/m1/s1. The highest BCUT2D eigenvalue weighted by molar-refractivity contribution is 7.15. The molecule has 0 aromatic carbocycles. The molecule has 0 aliphatic heterocycles. The van der Waals surface area contributed by atoms with E-state index in [0.717, 1.165) is 10.6 Å². The van der Waals surface area contributed by atoms with Crippen molar-refractivity contribution in [3.8, 4) is 0 Å². The summed E-state index contributed by atoms with van der Waals surface area (Å²) in [6, 6.07) is 3.41. The molecule has 7 heteroatoms. The number of pyridine rings is 1. The fourth-order valence-corrected chi connectivity index (χ4v) is 3.77.